The fourth-order valence-electron chi connectivity index (χ4n) is 0.800. The Morgan fingerprint density at radius 2 is 1.88 bits per heavy atom. The molecule has 0 saturated carbocycles. The second-order valence-electron chi connectivity index (χ2n) is 2.83. The number of alkyl halides is 3. The number of rotatable bonds is 4. The van der Waals surface area contributed by atoms with Crippen molar-refractivity contribution < 1.29 is 34.3 Å². The van der Waals surface area contributed by atoms with Gasteiger partial charge in [0.15, 0.2) is 6.61 Å². The van der Waals surface area contributed by atoms with Crippen molar-refractivity contribution in [2.75, 3.05) is 6.61 Å². The molecule has 9 heteroatoms. The zero-order valence-corrected chi connectivity index (χ0v) is 8.89. The molecular weight excluding hydrogens is 268 g/mol. The fraction of sp³-hybridized carbons (Fsp3) is 0.250. The van der Waals surface area contributed by atoms with E-state index in [2.05, 4.69) is 8.37 Å². The van der Waals surface area contributed by atoms with E-state index in [1.165, 1.54) is 0 Å². The number of hydrogen-bond donors (Lipinski definition) is 0. The van der Waals surface area contributed by atoms with Crippen LogP contribution < -0.4 is 4.18 Å². The first-order chi connectivity index (χ1) is 7.68. The van der Waals surface area contributed by atoms with Crippen LogP contribution in [0.25, 0.3) is 0 Å². The molecule has 0 spiro atoms. The van der Waals surface area contributed by atoms with E-state index in [0.717, 1.165) is 18.2 Å². The molecule has 0 N–H and O–H groups in total. The van der Waals surface area contributed by atoms with E-state index in [1.807, 2.05) is 0 Å². The third-order valence-corrected chi connectivity index (χ3v) is 2.16. The Morgan fingerprint density at radius 1 is 1.24 bits per heavy atom. The summed E-state index contributed by atoms with van der Waals surface area (Å²) in [6.45, 7) is -2.01. The molecule has 1 aromatic carbocycles. The minimum Gasteiger partial charge on any atom is -0.362 e. The predicted molar refractivity (Wildman–Crippen MR) is 48.0 cm³/mol. The zero-order chi connectivity index (χ0) is 13.1. The molecule has 17 heavy (non-hydrogen) atoms. The van der Waals surface area contributed by atoms with Gasteiger partial charge in [-0.3, -0.25) is 0 Å². The molecular formula is C8H6F4O4S. The topological polar surface area (TPSA) is 52.6 Å². The summed E-state index contributed by atoms with van der Waals surface area (Å²) >= 11 is 0. The van der Waals surface area contributed by atoms with Crippen LogP contribution in [-0.4, -0.2) is 21.2 Å². The standard InChI is InChI=1S/C8H6F4O4S/c9-6-2-1-3-7(4-6)16-17(13,14)15-5-8(10,11)12/h1-4H,5H2. The van der Waals surface area contributed by atoms with Gasteiger partial charge in [-0.25, -0.2) is 8.57 Å². The maximum absolute atomic E-state index is 12.6. The highest BCUT2D eigenvalue weighted by atomic mass is 32.3. The van der Waals surface area contributed by atoms with E-state index < -0.39 is 34.7 Å². The van der Waals surface area contributed by atoms with E-state index >= 15 is 0 Å². The summed E-state index contributed by atoms with van der Waals surface area (Å²) in [6, 6.07) is 3.88. The van der Waals surface area contributed by atoms with Crippen LogP contribution in [0, 0.1) is 5.82 Å². The number of benzene rings is 1. The molecule has 0 atom stereocenters. The Kier molecular flexibility index (Phi) is 3.94. The van der Waals surface area contributed by atoms with Crippen LogP contribution in [0.5, 0.6) is 5.75 Å². The highest BCUT2D eigenvalue weighted by Gasteiger charge is 2.31. The van der Waals surface area contributed by atoms with Crippen molar-refractivity contribution in [2.24, 2.45) is 0 Å². The summed E-state index contributed by atoms with van der Waals surface area (Å²) in [4.78, 5) is 0. The largest absolute Gasteiger partial charge is 0.449 e. The van der Waals surface area contributed by atoms with Gasteiger partial charge in [-0.1, -0.05) is 6.07 Å². The average Bonchev–Trinajstić information content (AvgIpc) is 2.13. The van der Waals surface area contributed by atoms with Gasteiger partial charge >= 0.3 is 16.6 Å². The summed E-state index contributed by atoms with van der Waals surface area (Å²) < 4.78 is 77.1. The molecule has 0 unspecified atom stereocenters. The minimum atomic E-state index is -4.87. The zero-order valence-electron chi connectivity index (χ0n) is 8.07. The summed E-state index contributed by atoms with van der Waals surface area (Å²) in [5.74, 6) is -1.28. The van der Waals surface area contributed by atoms with E-state index in [0.29, 0.717) is 6.07 Å². The highest BCUT2D eigenvalue weighted by Crippen LogP contribution is 2.18. The van der Waals surface area contributed by atoms with Crippen molar-refractivity contribution in [2.45, 2.75) is 6.18 Å². The predicted octanol–water partition coefficient (Wildman–Crippen LogP) is 2.03. The molecule has 0 amide bonds. The molecule has 4 nitrogen and oxygen atoms in total. The molecule has 0 saturated heterocycles. The van der Waals surface area contributed by atoms with Gasteiger partial charge in [-0.15, -0.1) is 0 Å². The van der Waals surface area contributed by atoms with Crippen LogP contribution in [0.3, 0.4) is 0 Å². The normalized spacial score (nSPS) is 12.5. The van der Waals surface area contributed by atoms with Crippen LogP contribution in [-0.2, 0) is 14.6 Å². The molecule has 0 aromatic heterocycles. The SMILES string of the molecule is O=S(=O)(OCC(F)(F)F)Oc1cccc(F)c1. The molecule has 0 heterocycles. The highest BCUT2D eigenvalue weighted by molar-refractivity contribution is 7.82. The summed E-state index contributed by atoms with van der Waals surface area (Å²) in [7, 11) is -4.87. The monoisotopic (exact) mass is 274 g/mol. The molecule has 0 fully saturated rings. The lowest BCUT2D eigenvalue weighted by Crippen LogP contribution is -2.23. The van der Waals surface area contributed by atoms with Gasteiger partial charge in [0.2, 0.25) is 0 Å². The lowest BCUT2D eigenvalue weighted by Gasteiger charge is -2.08. The Hall–Kier alpha value is -1.35. The Balaban J connectivity index is 2.67. The second-order valence-corrected chi connectivity index (χ2v) is 4.05. The van der Waals surface area contributed by atoms with E-state index in [1.54, 1.807) is 0 Å². The third-order valence-electron chi connectivity index (χ3n) is 1.36. The quantitative estimate of drug-likeness (QED) is 0.788. The van der Waals surface area contributed by atoms with Crippen molar-refractivity contribution in [1.82, 2.24) is 0 Å². The minimum absolute atomic E-state index is 0.479. The molecule has 1 aromatic rings. The maximum Gasteiger partial charge on any atom is 0.449 e. The first-order valence-corrected chi connectivity index (χ1v) is 5.42. The fourth-order valence-corrected chi connectivity index (χ4v) is 1.47. The van der Waals surface area contributed by atoms with Crippen molar-refractivity contribution in [3.63, 3.8) is 0 Å². The maximum atomic E-state index is 12.6. The molecule has 1 rings (SSSR count). The van der Waals surface area contributed by atoms with Crippen LogP contribution in [0.15, 0.2) is 24.3 Å². The summed E-state index contributed by atoms with van der Waals surface area (Å²) in [5.41, 5.74) is 0. The van der Waals surface area contributed by atoms with Gasteiger partial charge < -0.3 is 4.18 Å². The van der Waals surface area contributed by atoms with E-state index in [9.17, 15) is 26.0 Å². The molecule has 0 bridgehead atoms. The van der Waals surface area contributed by atoms with Crippen LogP contribution in [0.2, 0.25) is 0 Å². The Bertz CT molecular complexity index is 483. The molecule has 0 aliphatic rings. The average molecular weight is 274 g/mol. The van der Waals surface area contributed by atoms with Gasteiger partial charge in [0.1, 0.15) is 11.6 Å². The number of hydrogen-bond acceptors (Lipinski definition) is 4. The third kappa shape index (κ3) is 5.50. The summed E-state index contributed by atoms with van der Waals surface area (Å²) in [5, 5.41) is 0. The first kappa shape index (κ1) is 13.7. The van der Waals surface area contributed by atoms with Crippen molar-refractivity contribution in [1.29, 1.82) is 0 Å². The Morgan fingerprint density at radius 3 is 2.41 bits per heavy atom. The van der Waals surface area contributed by atoms with Crippen molar-refractivity contribution >= 4 is 10.4 Å². The van der Waals surface area contributed by atoms with Crippen LogP contribution in [0.4, 0.5) is 17.6 Å². The summed E-state index contributed by atoms with van der Waals surface area (Å²) in [6.07, 6.45) is -4.81. The van der Waals surface area contributed by atoms with Crippen LogP contribution >= 0.6 is 0 Å². The van der Waals surface area contributed by atoms with Gasteiger partial charge in [0, 0.05) is 6.07 Å². The van der Waals surface area contributed by atoms with Gasteiger partial charge in [0.05, 0.1) is 0 Å². The Labute approximate surface area is 94.1 Å². The molecule has 0 radical (unpaired) electrons. The second kappa shape index (κ2) is 4.88. The number of halogens is 4. The van der Waals surface area contributed by atoms with E-state index in [4.69, 9.17) is 0 Å². The lowest BCUT2D eigenvalue weighted by atomic mass is 10.3. The van der Waals surface area contributed by atoms with Crippen LogP contribution in [0.1, 0.15) is 0 Å². The van der Waals surface area contributed by atoms with Crippen molar-refractivity contribution in [3.05, 3.63) is 30.1 Å². The first-order valence-electron chi connectivity index (χ1n) is 4.09. The van der Waals surface area contributed by atoms with Gasteiger partial charge in [0.25, 0.3) is 0 Å². The molecule has 0 aliphatic heterocycles. The van der Waals surface area contributed by atoms with Gasteiger partial charge in [-0.05, 0) is 12.1 Å². The smallest absolute Gasteiger partial charge is 0.362 e. The van der Waals surface area contributed by atoms with Crippen molar-refractivity contribution in [3.8, 4) is 5.75 Å². The molecule has 0 aliphatic carbocycles. The van der Waals surface area contributed by atoms with Gasteiger partial charge in [-0.2, -0.15) is 21.6 Å². The molecule has 96 valence electrons. The lowest BCUT2D eigenvalue weighted by molar-refractivity contribution is -0.153. The van der Waals surface area contributed by atoms with E-state index in [-0.39, 0.29) is 0 Å².